The molecule has 0 radical (unpaired) electrons. The van der Waals surface area contributed by atoms with Crippen molar-refractivity contribution < 1.29 is 19.2 Å². The van der Waals surface area contributed by atoms with Gasteiger partial charge in [0.05, 0.1) is 17.1 Å². The molecule has 0 saturated carbocycles. The van der Waals surface area contributed by atoms with Gasteiger partial charge in [0, 0.05) is 22.2 Å². The molecule has 7 heteroatoms. The number of carbonyl (C=O) groups is 2. The Morgan fingerprint density at radius 1 is 1.59 bits per heavy atom. The molecule has 0 unspecified atom stereocenters. The lowest BCUT2D eigenvalue weighted by Crippen LogP contribution is -2.09. The van der Waals surface area contributed by atoms with Crippen molar-refractivity contribution in [1.82, 2.24) is 0 Å². The fraction of sp³-hybridized carbons (Fsp3) is 0.200. The molecule has 1 rings (SSSR count). The summed E-state index contributed by atoms with van der Waals surface area (Å²) >= 11 is 3.00. The Kier molecular flexibility index (Phi) is 4.33. The first kappa shape index (κ1) is 13.3. The molecular weight excluding hydrogens is 294 g/mol. The van der Waals surface area contributed by atoms with Crippen LogP contribution in [0.25, 0.3) is 0 Å². The highest BCUT2D eigenvalue weighted by molar-refractivity contribution is 9.10. The van der Waals surface area contributed by atoms with Gasteiger partial charge in [-0.1, -0.05) is 0 Å². The Morgan fingerprint density at radius 3 is 2.71 bits per heavy atom. The maximum Gasteiger partial charge on any atom is 0.339 e. The molecule has 0 heterocycles. The molecule has 0 spiro atoms. The number of carbonyl (C=O) groups excluding carboxylic acids is 2. The first-order valence-corrected chi connectivity index (χ1v) is 5.40. The minimum atomic E-state index is -0.765. The number of ether oxygens (including phenoxy) is 1. The Morgan fingerprint density at radius 2 is 2.24 bits per heavy atom. The monoisotopic (exact) mass is 301 g/mol. The highest BCUT2D eigenvalue weighted by Crippen LogP contribution is 2.26. The predicted octanol–water partition coefficient (Wildman–Crippen LogP) is 2.35. The summed E-state index contributed by atoms with van der Waals surface area (Å²) in [5.41, 5.74) is -0.373. The molecule has 17 heavy (non-hydrogen) atoms. The van der Waals surface area contributed by atoms with E-state index in [1.54, 1.807) is 6.92 Å². The van der Waals surface area contributed by atoms with Crippen LogP contribution < -0.4 is 0 Å². The van der Waals surface area contributed by atoms with Crippen LogP contribution in [0.2, 0.25) is 0 Å². The van der Waals surface area contributed by atoms with Crippen LogP contribution in [-0.2, 0) is 4.74 Å². The average Bonchev–Trinajstić information content (AvgIpc) is 2.28. The van der Waals surface area contributed by atoms with Crippen molar-refractivity contribution in [2.45, 2.75) is 6.92 Å². The second kappa shape index (κ2) is 5.53. The molecule has 0 bridgehead atoms. The molecule has 1 aromatic rings. The average molecular weight is 302 g/mol. The van der Waals surface area contributed by atoms with Crippen LogP contribution >= 0.6 is 15.9 Å². The normalized spacial score (nSPS) is 9.76. The number of hydrogen-bond donors (Lipinski definition) is 0. The van der Waals surface area contributed by atoms with Crippen molar-refractivity contribution in [3.05, 3.63) is 37.8 Å². The number of non-ortho nitro benzene ring substituents is 1. The molecule has 1 aromatic carbocycles. The molecule has 0 aliphatic heterocycles. The van der Waals surface area contributed by atoms with E-state index in [0.29, 0.717) is 6.29 Å². The van der Waals surface area contributed by atoms with Gasteiger partial charge in [-0.05, 0) is 22.9 Å². The zero-order valence-electron chi connectivity index (χ0n) is 8.81. The van der Waals surface area contributed by atoms with E-state index in [-0.39, 0.29) is 27.9 Å². The van der Waals surface area contributed by atoms with E-state index in [2.05, 4.69) is 15.9 Å². The Hall–Kier alpha value is -1.76. The summed E-state index contributed by atoms with van der Waals surface area (Å²) in [5.74, 6) is -0.765. The third kappa shape index (κ3) is 2.88. The van der Waals surface area contributed by atoms with Gasteiger partial charge in [0.25, 0.3) is 5.69 Å². The van der Waals surface area contributed by atoms with Crippen LogP contribution in [0.3, 0.4) is 0 Å². The highest BCUT2D eigenvalue weighted by Gasteiger charge is 2.20. The number of hydrogen-bond acceptors (Lipinski definition) is 5. The number of halogens is 1. The molecule has 6 nitrogen and oxygen atoms in total. The minimum absolute atomic E-state index is 0.0362. The lowest BCUT2D eigenvalue weighted by molar-refractivity contribution is -0.385. The van der Waals surface area contributed by atoms with Crippen molar-refractivity contribution in [2.24, 2.45) is 0 Å². The van der Waals surface area contributed by atoms with Gasteiger partial charge in [0.2, 0.25) is 0 Å². The highest BCUT2D eigenvalue weighted by atomic mass is 79.9. The number of rotatable bonds is 4. The maximum absolute atomic E-state index is 11.5. The van der Waals surface area contributed by atoms with Crippen molar-refractivity contribution in [3.8, 4) is 0 Å². The minimum Gasteiger partial charge on any atom is -0.462 e. The molecule has 90 valence electrons. The first-order valence-electron chi connectivity index (χ1n) is 4.61. The molecule has 0 amide bonds. The Bertz CT molecular complexity index is 486. The van der Waals surface area contributed by atoms with Gasteiger partial charge in [0.1, 0.15) is 0 Å². The molecule has 0 atom stereocenters. The van der Waals surface area contributed by atoms with Gasteiger partial charge >= 0.3 is 5.97 Å². The SMILES string of the molecule is CCOC(=O)c1cc([N+](=O)[O-])cc(Br)c1C=O. The lowest BCUT2D eigenvalue weighted by Gasteiger charge is -2.06. The third-order valence-corrected chi connectivity index (χ3v) is 2.59. The second-order valence-electron chi connectivity index (χ2n) is 2.98. The summed E-state index contributed by atoms with van der Waals surface area (Å²) in [4.78, 5) is 32.3. The summed E-state index contributed by atoms with van der Waals surface area (Å²) in [6.07, 6.45) is 0.445. The number of nitrogens with zero attached hydrogens (tertiary/aromatic N) is 1. The summed E-state index contributed by atoms with van der Waals surface area (Å²) in [7, 11) is 0. The molecule has 0 aliphatic carbocycles. The van der Waals surface area contributed by atoms with Gasteiger partial charge in [0.15, 0.2) is 6.29 Å². The Balaban J connectivity index is 3.38. The smallest absolute Gasteiger partial charge is 0.339 e. The molecule has 0 saturated heterocycles. The van der Waals surface area contributed by atoms with E-state index >= 15 is 0 Å². The van der Waals surface area contributed by atoms with Crippen LogP contribution in [0.5, 0.6) is 0 Å². The van der Waals surface area contributed by atoms with E-state index in [0.717, 1.165) is 12.1 Å². The van der Waals surface area contributed by atoms with E-state index in [4.69, 9.17) is 4.74 Å². The number of nitro groups is 1. The molecule has 0 aromatic heterocycles. The Labute approximate surface area is 105 Å². The zero-order valence-corrected chi connectivity index (χ0v) is 10.4. The van der Waals surface area contributed by atoms with Gasteiger partial charge in [-0.3, -0.25) is 14.9 Å². The van der Waals surface area contributed by atoms with Crippen molar-refractivity contribution in [1.29, 1.82) is 0 Å². The fourth-order valence-corrected chi connectivity index (χ4v) is 1.75. The van der Waals surface area contributed by atoms with Crippen LogP contribution in [0, 0.1) is 10.1 Å². The third-order valence-electron chi connectivity index (χ3n) is 1.94. The first-order chi connectivity index (χ1) is 8.01. The van der Waals surface area contributed by atoms with E-state index < -0.39 is 10.9 Å². The van der Waals surface area contributed by atoms with E-state index in [1.807, 2.05) is 0 Å². The van der Waals surface area contributed by atoms with Gasteiger partial charge in [-0.2, -0.15) is 0 Å². The second-order valence-corrected chi connectivity index (χ2v) is 3.84. The predicted molar refractivity (Wildman–Crippen MR) is 62.1 cm³/mol. The summed E-state index contributed by atoms with van der Waals surface area (Å²) < 4.78 is 4.90. The zero-order chi connectivity index (χ0) is 13.0. The van der Waals surface area contributed by atoms with Gasteiger partial charge in [-0.15, -0.1) is 0 Å². The van der Waals surface area contributed by atoms with Crippen LogP contribution in [0.15, 0.2) is 16.6 Å². The van der Waals surface area contributed by atoms with Crippen molar-refractivity contribution in [3.63, 3.8) is 0 Å². The number of nitro benzene ring substituents is 1. The molecule has 0 aliphatic rings. The van der Waals surface area contributed by atoms with E-state index in [1.165, 1.54) is 0 Å². The quantitative estimate of drug-likeness (QED) is 0.369. The van der Waals surface area contributed by atoms with Crippen LogP contribution in [0.4, 0.5) is 5.69 Å². The van der Waals surface area contributed by atoms with Crippen molar-refractivity contribution >= 4 is 33.9 Å². The molecule has 0 fully saturated rings. The largest absolute Gasteiger partial charge is 0.462 e. The van der Waals surface area contributed by atoms with E-state index in [9.17, 15) is 19.7 Å². The standard InChI is InChI=1S/C10H8BrNO5/c1-2-17-10(14)7-3-6(12(15)16)4-9(11)8(7)5-13/h3-5H,2H2,1H3. The molecular formula is C10H8BrNO5. The topological polar surface area (TPSA) is 86.5 Å². The van der Waals surface area contributed by atoms with Crippen molar-refractivity contribution in [2.75, 3.05) is 6.61 Å². The maximum atomic E-state index is 11.5. The summed E-state index contributed by atoms with van der Waals surface area (Å²) in [6, 6.07) is 2.18. The summed E-state index contributed by atoms with van der Waals surface area (Å²) in [5, 5.41) is 10.6. The number of esters is 1. The number of benzene rings is 1. The van der Waals surface area contributed by atoms with Gasteiger partial charge < -0.3 is 4.74 Å². The number of aldehydes is 1. The lowest BCUT2D eigenvalue weighted by atomic mass is 10.1. The molecule has 0 N–H and O–H groups in total. The van der Waals surface area contributed by atoms with Gasteiger partial charge in [-0.25, -0.2) is 4.79 Å². The van der Waals surface area contributed by atoms with Crippen LogP contribution in [0.1, 0.15) is 27.6 Å². The summed E-state index contributed by atoms with van der Waals surface area (Å²) in [6.45, 7) is 1.72. The fourth-order valence-electron chi connectivity index (χ4n) is 1.21. The van der Waals surface area contributed by atoms with Crippen LogP contribution in [-0.4, -0.2) is 23.8 Å².